The van der Waals surface area contributed by atoms with Gasteiger partial charge in [0.05, 0.1) is 27.6 Å². The first-order valence-corrected chi connectivity index (χ1v) is 10.8. The van der Waals surface area contributed by atoms with Gasteiger partial charge in [0.15, 0.2) is 0 Å². The van der Waals surface area contributed by atoms with E-state index in [1.807, 2.05) is 0 Å². The van der Waals surface area contributed by atoms with Crippen molar-refractivity contribution in [2.45, 2.75) is 0 Å². The van der Waals surface area contributed by atoms with Gasteiger partial charge < -0.3 is 8.97 Å². The summed E-state index contributed by atoms with van der Waals surface area (Å²) in [6, 6.07) is 33.5. The van der Waals surface area contributed by atoms with Crippen molar-refractivity contribution < 1.29 is 0 Å². The fourth-order valence-electron chi connectivity index (χ4n) is 5.98. The minimum Gasteiger partial charge on any atom is -0.343 e. The second-order valence-electron chi connectivity index (χ2n) is 8.65. The summed E-state index contributed by atoms with van der Waals surface area (Å²) in [5.74, 6) is 0. The van der Waals surface area contributed by atoms with Gasteiger partial charge in [0, 0.05) is 39.4 Å². The van der Waals surface area contributed by atoms with Crippen LogP contribution in [0.5, 0.6) is 0 Å². The van der Waals surface area contributed by atoms with Gasteiger partial charge in [0.2, 0.25) is 0 Å². The largest absolute Gasteiger partial charge is 0.343 e. The second-order valence-corrected chi connectivity index (χ2v) is 8.65. The van der Waals surface area contributed by atoms with Gasteiger partial charge in [-0.1, -0.05) is 66.7 Å². The molecule has 0 amide bonds. The summed E-state index contributed by atoms with van der Waals surface area (Å²) in [5.41, 5.74) is 6.47. The molecule has 0 aliphatic heterocycles. The molecule has 0 atom stereocenters. The number of para-hydroxylation sites is 2. The minimum atomic E-state index is 1.26. The Morgan fingerprint density at radius 3 is 1.90 bits per heavy atom. The quantitative estimate of drug-likeness (QED) is 0.250. The highest BCUT2D eigenvalue weighted by Gasteiger charge is 2.22. The van der Waals surface area contributed by atoms with Crippen molar-refractivity contribution in [2.24, 2.45) is 7.05 Å². The molecule has 0 saturated carbocycles. The summed E-state index contributed by atoms with van der Waals surface area (Å²) in [6.07, 6.45) is 0. The van der Waals surface area contributed by atoms with Gasteiger partial charge >= 0.3 is 0 Å². The molecule has 0 N–H and O–H groups in total. The molecule has 31 heavy (non-hydrogen) atoms. The zero-order valence-corrected chi connectivity index (χ0v) is 17.1. The van der Waals surface area contributed by atoms with Crippen LogP contribution < -0.4 is 0 Å². The standard InChI is InChI=1S/C29H18N2/c1-30-25-15-14-21-19-10-4-6-12-23(19)31-24-13-7-5-11-20(24)22-16-17-8-2-3-9-18(17)28(30)26(22)27(25)29(21)31/h2-16H,1H3. The third-order valence-electron chi connectivity index (χ3n) is 7.22. The van der Waals surface area contributed by atoms with E-state index in [2.05, 4.69) is 107 Å². The zero-order valence-electron chi connectivity index (χ0n) is 17.1. The predicted molar refractivity (Wildman–Crippen MR) is 133 cm³/mol. The third kappa shape index (κ3) is 1.69. The molecule has 0 bridgehead atoms. The predicted octanol–water partition coefficient (Wildman–Crippen LogP) is 7.63. The van der Waals surface area contributed by atoms with Gasteiger partial charge in [0.1, 0.15) is 0 Å². The van der Waals surface area contributed by atoms with E-state index < -0.39 is 0 Å². The van der Waals surface area contributed by atoms with Crippen molar-refractivity contribution in [2.75, 3.05) is 0 Å². The van der Waals surface area contributed by atoms with Crippen LogP contribution in [-0.2, 0) is 7.05 Å². The van der Waals surface area contributed by atoms with Crippen LogP contribution in [0.25, 0.3) is 70.7 Å². The lowest BCUT2D eigenvalue weighted by molar-refractivity contribution is 1.02. The Morgan fingerprint density at radius 1 is 0.484 bits per heavy atom. The minimum absolute atomic E-state index is 1.26. The molecule has 8 aromatic rings. The topological polar surface area (TPSA) is 9.34 Å². The molecule has 2 heteroatoms. The number of aromatic nitrogens is 2. The van der Waals surface area contributed by atoms with Crippen molar-refractivity contribution in [3.63, 3.8) is 0 Å². The molecule has 0 aliphatic carbocycles. The van der Waals surface area contributed by atoms with E-state index in [9.17, 15) is 0 Å². The van der Waals surface area contributed by atoms with Crippen LogP contribution in [0.1, 0.15) is 0 Å². The molecule has 144 valence electrons. The third-order valence-corrected chi connectivity index (χ3v) is 7.22. The highest BCUT2D eigenvalue weighted by Crippen LogP contribution is 2.45. The van der Waals surface area contributed by atoms with Crippen LogP contribution in [0.3, 0.4) is 0 Å². The summed E-state index contributed by atoms with van der Waals surface area (Å²) in [5, 5.41) is 10.6. The number of fused-ring (bicyclic) bond motifs is 8. The molecular formula is C29H18N2. The van der Waals surface area contributed by atoms with E-state index in [0.717, 1.165) is 0 Å². The molecule has 2 nitrogen and oxygen atoms in total. The Morgan fingerprint density at radius 2 is 1.13 bits per heavy atom. The summed E-state index contributed by atoms with van der Waals surface area (Å²) in [6.45, 7) is 0. The molecule has 3 aromatic heterocycles. The monoisotopic (exact) mass is 394 g/mol. The number of nitrogens with zero attached hydrogens (tertiary/aromatic N) is 2. The zero-order chi connectivity index (χ0) is 20.3. The number of benzene rings is 5. The Kier molecular flexibility index (Phi) is 2.62. The molecule has 3 heterocycles. The molecule has 8 rings (SSSR count). The van der Waals surface area contributed by atoms with Gasteiger partial charge in [-0.3, -0.25) is 0 Å². The molecule has 0 spiro atoms. The van der Waals surface area contributed by atoms with Gasteiger partial charge in [0.25, 0.3) is 0 Å². The lowest BCUT2D eigenvalue weighted by atomic mass is 9.99. The van der Waals surface area contributed by atoms with E-state index in [-0.39, 0.29) is 0 Å². The van der Waals surface area contributed by atoms with Crippen molar-refractivity contribution in [1.82, 2.24) is 8.97 Å². The summed E-state index contributed by atoms with van der Waals surface area (Å²) in [4.78, 5) is 0. The average Bonchev–Trinajstić information content (AvgIpc) is 3.27. The van der Waals surface area contributed by atoms with E-state index >= 15 is 0 Å². The van der Waals surface area contributed by atoms with Gasteiger partial charge in [-0.25, -0.2) is 0 Å². The molecular weight excluding hydrogens is 376 g/mol. The fourth-order valence-corrected chi connectivity index (χ4v) is 5.98. The smallest absolute Gasteiger partial charge is 0.0641 e. The fraction of sp³-hybridized carbons (Fsp3) is 0.0345. The Balaban J connectivity index is 1.92. The van der Waals surface area contributed by atoms with Gasteiger partial charge in [-0.05, 0) is 35.0 Å². The first kappa shape index (κ1) is 15.8. The maximum Gasteiger partial charge on any atom is 0.0641 e. The van der Waals surface area contributed by atoms with Crippen LogP contribution in [0.2, 0.25) is 0 Å². The molecule has 0 fully saturated rings. The molecule has 0 saturated heterocycles. The van der Waals surface area contributed by atoms with Crippen molar-refractivity contribution in [1.29, 1.82) is 0 Å². The average molecular weight is 394 g/mol. The van der Waals surface area contributed by atoms with Crippen LogP contribution in [0.15, 0.2) is 91.0 Å². The highest BCUT2D eigenvalue weighted by molar-refractivity contribution is 6.36. The maximum absolute atomic E-state index is 2.49. The van der Waals surface area contributed by atoms with E-state index in [4.69, 9.17) is 0 Å². The Bertz CT molecular complexity index is 2000. The summed E-state index contributed by atoms with van der Waals surface area (Å²) in [7, 11) is 2.22. The molecule has 0 unspecified atom stereocenters. The maximum atomic E-state index is 2.49. The lowest BCUT2D eigenvalue weighted by Gasteiger charge is -2.07. The molecule has 5 aromatic carbocycles. The van der Waals surface area contributed by atoms with E-state index in [1.165, 1.54) is 70.7 Å². The van der Waals surface area contributed by atoms with Gasteiger partial charge in [-0.2, -0.15) is 0 Å². The normalized spacial score (nSPS) is 12.7. The molecule has 0 aliphatic rings. The van der Waals surface area contributed by atoms with Crippen molar-refractivity contribution >= 4 is 70.7 Å². The lowest BCUT2D eigenvalue weighted by Crippen LogP contribution is -1.90. The number of aryl methyl sites for hydroxylation is 1. The Labute approximate surface area is 177 Å². The first-order chi connectivity index (χ1) is 15.3. The second kappa shape index (κ2) is 5.16. The number of hydrogen-bond donors (Lipinski definition) is 0. The van der Waals surface area contributed by atoms with Crippen molar-refractivity contribution in [3.05, 3.63) is 91.0 Å². The van der Waals surface area contributed by atoms with Crippen LogP contribution in [0, 0.1) is 0 Å². The van der Waals surface area contributed by atoms with Crippen LogP contribution in [-0.4, -0.2) is 8.97 Å². The van der Waals surface area contributed by atoms with Crippen LogP contribution in [0.4, 0.5) is 0 Å². The van der Waals surface area contributed by atoms with Crippen molar-refractivity contribution in [3.8, 4) is 0 Å². The van der Waals surface area contributed by atoms with Gasteiger partial charge in [-0.15, -0.1) is 0 Å². The first-order valence-electron chi connectivity index (χ1n) is 10.8. The highest BCUT2D eigenvalue weighted by atomic mass is 15.0. The Hall–Kier alpha value is -4.04. The number of rotatable bonds is 0. The van der Waals surface area contributed by atoms with Crippen LogP contribution >= 0.6 is 0 Å². The SMILES string of the molecule is Cn1c2ccc3c4ccccc4n4c5ccccc5c5cc6ccccc6c1c5c2c34. The summed E-state index contributed by atoms with van der Waals surface area (Å²) < 4.78 is 4.89. The summed E-state index contributed by atoms with van der Waals surface area (Å²) >= 11 is 0. The van der Waals surface area contributed by atoms with E-state index in [0.29, 0.717) is 0 Å². The number of hydrogen-bond acceptors (Lipinski definition) is 0. The van der Waals surface area contributed by atoms with E-state index in [1.54, 1.807) is 0 Å². The molecule has 0 radical (unpaired) electrons.